The molecule has 2 fully saturated rings. The van der Waals surface area contributed by atoms with Crippen molar-refractivity contribution in [2.45, 2.75) is 39.2 Å². The van der Waals surface area contributed by atoms with E-state index in [2.05, 4.69) is 0 Å². The highest BCUT2D eigenvalue weighted by atomic mass is 16.5. The molecule has 2 aliphatic rings. The van der Waals surface area contributed by atoms with Crippen LogP contribution in [0.4, 0.5) is 0 Å². The fraction of sp³-hybridized carbons (Fsp3) is 0.909. The summed E-state index contributed by atoms with van der Waals surface area (Å²) in [6.07, 6.45) is 2.09. The van der Waals surface area contributed by atoms with Crippen LogP contribution in [0.15, 0.2) is 0 Å². The first-order chi connectivity index (χ1) is 6.45. The van der Waals surface area contributed by atoms with Gasteiger partial charge in [-0.1, -0.05) is 13.8 Å². The predicted octanol–water partition coefficient (Wildman–Crippen LogP) is 1.35. The number of fused-ring (bicyclic) bond motifs is 2. The summed E-state index contributed by atoms with van der Waals surface area (Å²) in [6.45, 7) is 4.10. The Morgan fingerprint density at radius 1 is 1.50 bits per heavy atom. The summed E-state index contributed by atoms with van der Waals surface area (Å²) in [5.74, 6) is 0.245. The van der Waals surface area contributed by atoms with Crippen LogP contribution in [0.3, 0.4) is 0 Å². The molecule has 0 aliphatic heterocycles. The van der Waals surface area contributed by atoms with Gasteiger partial charge in [-0.3, -0.25) is 4.79 Å². The lowest BCUT2D eigenvalue weighted by Gasteiger charge is -2.39. The van der Waals surface area contributed by atoms with Gasteiger partial charge in [-0.2, -0.15) is 0 Å². The van der Waals surface area contributed by atoms with Crippen molar-refractivity contribution in [1.29, 1.82) is 0 Å². The molecule has 1 N–H and O–H groups in total. The molecule has 0 unspecified atom stereocenters. The van der Waals surface area contributed by atoms with Crippen molar-refractivity contribution in [2.24, 2.45) is 16.7 Å². The minimum absolute atomic E-state index is 0.132. The number of hydrogen-bond donors (Lipinski definition) is 1. The molecule has 3 heteroatoms. The molecule has 3 nitrogen and oxygen atoms in total. The normalized spacial score (nSPS) is 44.0. The molecule has 2 aliphatic carbocycles. The van der Waals surface area contributed by atoms with E-state index < -0.39 is 11.5 Å². The maximum absolute atomic E-state index is 11.7. The molecule has 0 saturated heterocycles. The van der Waals surface area contributed by atoms with Crippen LogP contribution in [-0.4, -0.2) is 24.3 Å². The van der Waals surface area contributed by atoms with Gasteiger partial charge < -0.3 is 9.84 Å². The first-order valence-electron chi connectivity index (χ1n) is 5.21. The van der Waals surface area contributed by atoms with Gasteiger partial charge in [-0.25, -0.2) is 0 Å². The summed E-state index contributed by atoms with van der Waals surface area (Å²) < 4.78 is 4.82. The predicted molar refractivity (Wildman–Crippen MR) is 51.6 cm³/mol. The molecular weight excluding hydrogens is 180 g/mol. The Balaban J connectivity index is 2.35. The molecule has 2 bridgehead atoms. The van der Waals surface area contributed by atoms with E-state index in [1.165, 1.54) is 7.11 Å². The van der Waals surface area contributed by atoms with Crippen molar-refractivity contribution in [3.63, 3.8) is 0 Å². The number of aliphatic hydroxyl groups is 1. The maximum Gasteiger partial charge on any atom is 0.314 e. The van der Waals surface area contributed by atoms with Crippen LogP contribution in [0.2, 0.25) is 0 Å². The average molecular weight is 198 g/mol. The summed E-state index contributed by atoms with van der Waals surface area (Å²) in [5.41, 5.74) is -0.727. The molecule has 2 saturated carbocycles. The Morgan fingerprint density at radius 2 is 2.14 bits per heavy atom. The van der Waals surface area contributed by atoms with Crippen LogP contribution in [0.1, 0.15) is 33.1 Å². The number of methoxy groups -OCH3 is 1. The van der Waals surface area contributed by atoms with Gasteiger partial charge in [0.15, 0.2) is 0 Å². The summed E-state index contributed by atoms with van der Waals surface area (Å²) in [5, 5.41) is 10.2. The Morgan fingerprint density at radius 3 is 2.57 bits per heavy atom. The second-order valence-electron chi connectivity index (χ2n) is 5.31. The first kappa shape index (κ1) is 9.97. The summed E-state index contributed by atoms with van der Waals surface area (Å²) in [4.78, 5) is 11.7. The number of aliphatic hydroxyl groups excluding tert-OH is 1. The third-order valence-corrected chi connectivity index (χ3v) is 4.42. The molecule has 80 valence electrons. The van der Waals surface area contributed by atoms with Crippen molar-refractivity contribution in [3.8, 4) is 0 Å². The fourth-order valence-electron chi connectivity index (χ4n) is 3.39. The van der Waals surface area contributed by atoms with Crippen LogP contribution in [0.5, 0.6) is 0 Å². The lowest BCUT2D eigenvalue weighted by Crippen LogP contribution is -2.46. The lowest BCUT2D eigenvalue weighted by molar-refractivity contribution is -0.162. The molecule has 2 rings (SSSR count). The van der Waals surface area contributed by atoms with Gasteiger partial charge in [0.05, 0.1) is 18.6 Å². The average Bonchev–Trinajstić information content (AvgIpc) is 2.66. The van der Waals surface area contributed by atoms with Crippen molar-refractivity contribution >= 4 is 5.97 Å². The first-order valence-corrected chi connectivity index (χ1v) is 5.21. The van der Waals surface area contributed by atoms with Crippen molar-refractivity contribution in [3.05, 3.63) is 0 Å². The van der Waals surface area contributed by atoms with Gasteiger partial charge in [0.2, 0.25) is 0 Å². The van der Waals surface area contributed by atoms with E-state index >= 15 is 0 Å². The topological polar surface area (TPSA) is 46.5 Å². The Kier molecular flexibility index (Phi) is 1.94. The molecule has 0 amide bonds. The van der Waals surface area contributed by atoms with E-state index in [9.17, 15) is 9.90 Å². The van der Waals surface area contributed by atoms with Crippen LogP contribution >= 0.6 is 0 Å². The number of ether oxygens (including phenoxy) is 1. The van der Waals surface area contributed by atoms with Crippen molar-refractivity contribution in [1.82, 2.24) is 0 Å². The number of carbonyl (C=O) groups is 1. The molecule has 0 spiro atoms. The van der Waals surface area contributed by atoms with Gasteiger partial charge in [-0.15, -0.1) is 0 Å². The molecular formula is C11H18O3. The van der Waals surface area contributed by atoms with E-state index in [1.54, 1.807) is 0 Å². The van der Waals surface area contributed by atoms with Gasteiger partial charge in [0, 0.05) is 0 Å². The fourth-order valence-corrected chi connectivity index (χ4v) is 3.39. The Labute approximate surface area is 84.4 Å². The maximum atomic E-state index is 11.7. The molecule has 0 radical (unpaired) electrons. The number of hydrogen-bond acceptors (Lipinski definition) is 3. The second kappa shape index (κ2) is 2.72. The van der Waals surface area contributed by atoms with Crippen LogP contribution < -0.4 is 0 Å². The van der Waals surface area contributed by atoms with E-state index in [4.69, 9.17) is 4.74 Å². The lowest BCUT2D eigenvalue weighted by atomic mass is 9.69. The quantitative estimate of drug-likeness (QED) is 0.647. The monoisotopic (exact) mass is 198 g/mol. The largest absolute Gasteiger partial charge is 0.469 e. The smallest absolute Gasteiger partial charge is 0.314 e. The molecule has 0 aromatic carbocycles. The van der Waals surface area contributed by atoms with E-state index in [0.717, 1.165) is 19.3 Å². The highest BCUT2D eigenvalue weighted by molar-refractivity contribution is 5.79. The number of carbonyl (C=O) groups excluding carboxylic acids is 1. The molecule has 0 aromatic rings. The number of esters is 1. The Bertz CT molecular complexity index is 272. The highest BCUT2D eigenvalue weighted by Crippen LogP contribution is 2.62. The zero-order valence-corrected chi connectivity index (χ0v) is 9.04. The third kappa shape index (κ3) is 0.937. The standard InChI is InChI=1S/C11H18O3/c1-10(2)7-4-5-11(6-7,8(10)12)9(13)14-3/h7-8,12H,4-6H2,1-3H3/t7-,8-,11+/m0/s1. The van der Waals surface area contributed by atoms with Gasteiger partial charge in [0.25, 0.3) is 0 Å². The zero-order valence-electron chi connectivity index (χ0n) is 9.04. The summed E-state index contributed by atoms with van der Waals surface area (Å²) >= 11 is 0. The summed E-state index contributed by atoms with van der Waals surface area (Å²) in [7, 11) is 1.41. The zero-order chi connectivity index (χ0) is 10.6. The van der Waals surface area contributed by atoms with Crippen LogP contribution in [0.25, 0.3) is 0 Å². The van der Waals surface area contributed by atoms with E-state index in [1.807, 2.05) is 13.8 Å². The minimum atomic E-state index is -0.594. The molecule has 0 aromatic heterocycles. The van der Waals surface area contributed by atoms with E-state index in [0.29, 0.717) is 5.92 Å². The SMILES string of the molecule is COC(=O)[C@]12CC[C@@H](C1)C(C)(C)[C@@H]2O. The third-order valence-electron chi connectivity index (χ3n) is 4.42. The summed E-state index contributed by atoms with van der Waals surface area (Å²) in [6, 6.07) is 0. The van der Waals surface area contributed by atoms with Gasteiger partial charge >= 0.3 is 5.97 Å². The second-order valence-corrected chi connectivity index (χ2v) is 5.31. The highest BCUT2D eigenvalue weighted by Gasteiger charge is 2.65. The van der Waals surface area contributed by atoms with E-state index in [-0.39, 0.29) is 11.4 Å². The number of rotatable bonds is 1. The van der Waals surface area contributed by atoms with Gasteiger partial charge in [-0.05, 0) is 30.6 Å². The van der Waals surface area contributed by atoms with Gasteiger partial charge in [0.1, 0.15) is 0 Å². The van der Waals surface area contributed by atoms with Crippen molar-refractivity contribution in [2.75, 3.05) is 7.11 Å². The Hall–Kier alpha value is -0.570. The molecule has 3 atom stereocenters. The minimum Gasteiger partial charge on any atom is -0.469 e. The molecule has 14 heavy (non-hydrogen) atoms. The van der Waals surface area contributed by atoms with Crippen LogP contribution in [0, 0.1) is 16.7 Å². The molecule has 0 heterocycles. The van der Waals surface area contributed by atoms with Crippen LogP contribution in [-0.2, 0) is 9.53 Å². The van der Waals surface area contributed by atoms with Crippen molar-refractivity contribution < 1.29 is 14.6 Å².